The molecule has 1 aliphatic rings. The number of hydrogen-bond acceptors (Lipinski definition) is 5. The molecule has 2 aromatic rings. The highest BCUT2D eigenvalue weighted by molar-refractivity contribution is 7.99. The van der Waals surface area contributed by atoms with Crippen molar-refractivity contribution in [3.05, 3.63) is 78.0 Å². The number of para-hydroxylation sites is 1. The van der Waals surface area contributed by atoms with Crippen LogP contribution >= 0.6 is 11.8 Å². The van der Waals surface area contributed by atoms with Gasteiger partial charge in [0.25, 0.3) is 5.91 Å². The summed E-state index contributed by atoms with van der Waals surface area (Å²) in [5.41, 5.74) is 2.44. The van der Waals surface area contributed by atoms with Gasteiger partial charge in [0.05, 0.1) is 7.11 Å². The SMILES string of the molecule is COC(=O)C=C(C)N[C@H]1C(=O)N(c2ccccc2)[C@]1(SC)c1ccccc1. The summed E-state index contributed by atoms with van der Waals surface area (Å²) in [5, 5.41) is 3.22. The second-order valence-electron chi connectivity index (χ2n) is 6.20. The number of benzene rings is 2. The Labute approximate surface area is 163 Å². The zero-order chi connectivity index (χ0) is 19.4. The molecule has 0 radical (unpaired) electrons. The van der Waals surface area contributed by atoms with Gasteiger partial charge in [0, 0.05) is 17.5 Å². The van der Waals surface area contributed by atoms with Crippen molar-refractivity contribution in [1.29, 1.82) is 0 Å². The van der Waals surface area contributed by atoms with E-state index in [0.717, 1.165) is 11.3 Å². The van der Waals surface area contributed by atoms with Crippen LogP contribution in [0.4, 0.5) is 5.69 Å². The van der Waals surface area contributed by atoms with Crippen LogP contribution < -0.4 is 10.2 Å². The number of nitrogens with one attached hydrogen (secondary N) is 1. The molecule has 2 aromatic carbocycles. The molecule has 27 heavy (non-hydrogen) atoms. The minimum absolute atomic E-state index is 0.0444. The van der Waals surface area contributed by atoms with Crippen molar-refractivity contribution in [2.45, 2.75) is 17.8 Å². The third kappa shape index (κ3) is 3.32. The number of β-lactam (4-membered cyclic amide) rings is 1. The Balaban J connectivity index is 2.04. The summed E-state index contributed by atoms with van der Waals surface area (Å²) in [4.78, 5) is 25.8. The number of thioether (sulfide) groups is 1. The largest absolute Gasteiger partial charge is 0.466 e. The summed E-state index contributed by atoms with van der Waals surface area (Å²) in [5.74, 6) is -0.502. The minimum Gasteiger partial charge on any atom is -0.466 e. The predicted molar refractivity (Wildman–Crippen MR) is 108 cm³/mol. The van der Waals surface area contributed by atoms with Crippen LogP contribution in [0.1, 0.15) is 12.5 Å². The zero-order valence-corrected chi connectivity index (χ0v) is 16.3. The van der Waals surface area contributed by atoms with Gasteiger partial charge in [-0.25, -0.2) is 4.79 Å². The average Bonchev–Trinajstić information content (AvgIpc) is 2.71. The first kappa shape index (κ1) is 19.0. The molecule has 2 atom stereocenters. The van der Waals surface area contributed by atoms with Crippen LogP contribution in [0.3, 0.4) is 0 Å². The van der Waals surface area contributed by atoms with E-state index in [2.05, 4.69) is 10.1 Å². The average molecular weight is 382 g/mol. The van der Waals surface area contributed by atoms with Crippen LogP contribution in [0.25, 0.3) is 0 Å². The topological polar surface area (TPSA) is 58.6 Å². The lowest BCUT2D eigenvalue weighted by molar-refractivity contribution is -0.135. The normalized spacial score (nSPS) is 22.2. The van der Waals surface area contributed by atoms with Gasteiger partial charge in [-0.05, 0) is 30.9 Å². The van der Waals surface area contributed by atoms with Crippen LogP contribution in [0.2, 0.25) is 0 Å². The Kier molecular flexibility index (Phi) is 5.56. The number of anilines is 1. The predicted octanol–water partition coefficient (Wildman–Crippen LogP) is 3.28. The van der Waals surface area contributed by atoms with E-state index in [4.69, 9.17) is 0 Å². The van der Waals surface area contributed by atoms with Gasteiger partial charge in [-0.2, -0.15) is 0 Å². The van der Waals surface area contributed by atoms with Crippen molar-refractivity contribution in [1.82, 2.24) is 5.32 Å². The highest BCUT2D eigenvalue weighted by Gasteiger charge is 2.61. The highest BCUT2D eigenvalue weighted by Crippen LogP contribution is 2.51. The fraction of sp³-hybridized carbons (Fsp3) is 0.238. The molecule has 0 aromatic heterocycles. The van der Waals surface area contributed by atoms with Gasteiger partial charge in [-0.15, -0.1) is 11.8 Å². The summed E-state index contributed by atoms with van der Waals surface area (Å²) in [6, 6.07) is 19.0. The van der Waals surface area contributed by atoms with E-state index in [1.807, 2.05) is 71.8 Å². The molecule has 0 bridgehead atoms. The maximum absolute atomic E-state index is 13.1. The van der Waals surface area contributed by atoms with E-state index in [0.29, 0.717) is 5.70 Å². The van der Waals surface area contributed by atoms with Gasteiger partial charge in [-0.1, -0.05) is 48.5 Å². The number of carbonyl (C=O) groups is 2. The molecule has 1 N–H and O–H groups in total. The fourth-order valence-corrected chi connectivity index (χ4v) is 4.53. The molecule has 3 rings (SSSR count). The van der Waals surface area contributed by atoms with Gasteiger partial charge in [0.2, 0.25) is 0 Å². The van der Waals surface area contributed by atoms with Gasteiger partial charge < -0.3 is 10.1 Å². The van der Waals surface area contributed by atoms with Gasteiger partial charge in [0.1, 0.15) is 10.9 Å². The van der Waals surface area contributed by atoms with Crippen molar-refractivity contribution in [2.24, 2.45) is 0 Å². The minimum atomic E-state index is -0.620. The summed E-state index contributed by atoms with van der Waals surface area (Å²) >= 11 is 1.59. The third-order valence-electron chi connectivity index (χ3n) is 4.61. The van der Waals surface area contributed by atoms with Crippen molar-refractivity contribution in [3.8, 4) is 0 Å². The summed E-state index contributed by atoms with van der Waals surface area (Å²) < 4.78 is 4.68. The second kappa shape index (κ2) is 7.88. The Bertz CT molecular complexity index is 854. The van der Waals surface area contributed by atoms with E-state index < -0.39 is 16.9 Å². The first-order chi connectivity index (χ1) is 13.0. The molecule has 0 unspecified atom stereocenters. The maximum Gasteiger partial charge on any atom is 0.332 e. The molecule has 1 fully saturated rings. The van der Waals surface area contributed by atoms with E-state index in [9.17, 15) is 9.59 Å². The quantitative estimate of drug-likeness (QED) is 0.472. The van der Waals surface area contributed by atoms with Gasteiger partial charge in [-0.3, -0.25) is 9.69 Å². The Morgan fingerprint density at radius 1 is 1.15 bits per heavy atom. The number of amides is 1. The smallest absolute Gasteiger partial charge is 0.332 e. The lowest BCUT2D eigenvalue weighted by atomic mass is 9.86. The number of nitrogens with zero attached hydrogens (tertiary/aromatic N) is 1. The summed E-state index contributed by atoms with van der Waals surface area (Å²) in [7, 11) is 1.33. The third-order valence-corrected chi connectivity index (χ3v) is 5.89. The van der Waals surface area contributed by atoms with Gasteiger partial charge in [0.15, 0.2) is 0 Å². The molecule has 1 aliphatic heterocycles. The molecule has 1 saturated heterocycles. The number of esters is 1. The van der Waals surface area contributed by atoms with E-state index in [1.54, 1.807) is 18.7 Å². The molecular weight excluding hydrogens is 360 g/mol. The van der Waals surface area contributed by atoms with E-state index >= 15 is 0 Å². The zero-order valence-electron chi connectivity index (χ0n) is 15.5. The summed E-state index contributed by atoms with van der Waals surface area (Å²) in [6.45, 7) is 1.76. The highest BCUT2D eigenvalue weighted by atomic mass is 32.2. The van der Waals surface area contributed by atoms with Gasteiger partial charge >= 0.3 is 5.97 Å². The number of rotatable bonds is 6. The Morgan fingerprint density at radius 2 is 1.74 bits per heavy atom. The van der Waals surface area contributed by atoms with Crippen molar-refractivity contribution in [3.63, 3.8) is 0 Å². The molecule has 1 amide bonds. The van der Waals surface area contributed by atoms with Crippen LogP contribution in [-0.4, -0.2) is 31.3 Å². The lowest BCUT2D eigenvalue weighted by Gasteiger charge is -2.57. The number of methoxy groups -OCH3 is 1. The molecule has 0 spiro atoms. The van der Waals surface area contributed by atoms with E-state index in [-0.39, 0.29) is 5.91 Å². The molecule has 5 nitrogen and oxygen atoms in total. The number of hydrogen-bond donors (Lipinski definition) is 1. The molecule has 0 saturated carbocycles. The van der Waals surface area contributed by atoms with Crippen molar-refractivity contribution >= 4 is 29.3 Å². The number of ether oxygens (including phenoxy) is 1. The Morgan fingerprint density at radius 3 is 2.30 bits per heavy atom. The molecule has 140 valence electrons. The van der Waals surface area contributed by atoms with Crippen LogP contribution in [-0.2, 0) is 19.2 Å². The standard InChI is InChI=1S/C21H22N2O3S/c1-15(14-18(24)26-2)22-19-20(25)23(17-12-8-5-9-13-17)21(19,27-3)16-10-6-4-7-11-16/h4-14,19,22H,1-3H3/t19-,21-/m0/s1. The molecular formula is C21H22N2O3S. The fourth-order valence-electron chi connectivity index (χ4n) is 3.38. The van der Waals surface area contributed by atoms with Crippen molar-refractivity contribution in [2.75, 3.05) is 18.3 Å². The second-order valence-corrected chi connectivity index (χ2v) is 7.23. The summed E-state index contributed by atoms with van der Waals surface area (Å²) in [6.07, 6.45) is 3.35. The van der Waals surface area contributed by atoms with Crippen LogP contribution in [0, 0.1) is 0 Å². The first-order valence-electron chi connectivity index (χ1n) is 8.57. The number of carbonyl (C=O) groups excluding carboxylic acids is 2. The number of allylic oxidation sites excluding steroid dienone is 1. The maximum atomic E-state index is 13.1. The monoisotopic (exact) mass is 382 g/mol. The Hall–Kier alpha value is -2.73. The molecule has 0 aliphatic carbocycles. The van der Waals surface area contributed by atoms with Crippen LogP contribution in [0.15, 0.2) is 72.4 Å². The van der Waals surface area contributed by atoms with Crippen molar-refractivity contribution < 1.29 is 14.3 Å². The first-order valence-corrected chi connectivity index (χ1v) is 9.79. The molecule has 6 heteroatoms. The molecule has 1 heterocycles. The van der Waals surface area contributed by atoms with Crippen LogP contribution in [0.5, 0.6) is 0 Å². The lowest BCUT2D eigenvalue weighted by Crippen LogP contribution is -2.75. The van der Waals surface area contributed by atoms with E-state index in [1.165, 1.54) is 13.2 Å².